The van der Waals surface area contributed by atoms with Crippen LogP contribution < -0.4 is 5.32 Å². The van der Waals surface area contributed by atoms with Gasteiger partial charge in [-0.05, 0) is 38.5 Å². The molecule has 0 aliphatic carbocycles. The lowest BCUT2D eigenvalue weighted by Crippen LogP contribution is -2.46. The van der Waals surface area contributed by atoms with E-state index in [1.54, 1.807) is 0 Å². The van der Waals surface area contributed by atoms with Crippen molar-refractivity contribution < 1.29 is 32.9 Å². The number of allylic oxidation sites excluding steroid dienone is 2. The first-order valence-corrected chi connectivity index (χ1v) is 38.5. The number of nitrogens with one attached hydrogen (secondary N) is 1. The molecule has 3 unspecified atom stereocenters. The lowest BCUT2D eigenvalue weighted by molar-refractivity contribution is -0.870. The molecule has 0 saturated carbocycles. The summed E-state index contributed by atoms with van der Waals surface area (Å²) in [4.78, 5) is 23.4. The van der Waals surface area contributed by atoms with Crippen molar-refractivity contribution in [3.63, 3.8) is 0 Å². The summed E-state index contributed by atoms with van der Waals surface area (Å²) in [6, 6.07) is -0.757. The molecule has 0 spiro atoms. The standard InChI is InChI=1S/C73H147N2O6P/c1-6-8-10-12-14-16-18-20-22-24-26-27-28-29-30-31-32-33-34-35-36-37-38-39-40-41-42-43-44-45-46-47-49-51-53-55-57-59-61-63-65-67-73(77)74-71(70-81-82(78,79)80-69-68-75(3,4)5)72(76)66-64-62-60-58-56-54-52-50-48-25-23-21-19-17-15-13-11-9-7-2/h24,26,71-72,76H,6-23,25,27-70H2,1-5H3,(H-,74,77,78,79)/p+1/b26-24-. The van der Waals surface area contributed by atoms with E-state index in [-0.39, 0.29) is 19.1 Å². The maximum absolute atomic E-state index is 13.1. The van der Waals surface area contributed by atoms with E-state index in [2.05, 4.69) is 31.3 Å². The van der Waals surface area contributed by atoms with E-state index in [1.165, 1.54) is 334 Å². The molecule has 3 atom stereocenters. The summed E-state index contributed by atoms with van der Waals surface area (Å²) >= 11 is 0. The molecule has 0 aromatic heterocycles. The van der Waals surface area contributed by atoms with Crippen LogP contribution in [0.1, 0.15) is 399 Å². The minimum absolute atomic E-state index is 0.0788. The number of phosphoric acid groups is 1. The third-order valence-corrected chi connectivity index (χ3v) is 18.5. The molecule has 0 radical (unpaired) electrons. The Morgan fingerprint density at radius 2 is 0.659 bits per heavy atom. The zero-order valence-electron chi connectivity index (χ0n) is 56.3. The summed E-state index contributed by atoms with van der Waals surface area (Å²) in [5.74, 6) is -0.134. The van der Waals surface area contributed by atoms with Crippen molar-refractivity contribution in [1.29, 1.82) is 0 Å². The number of carbonyl (C=O) groups is 1. The number of likely N-dealkylation sites (N-methyl/N-ethyl adjacent to an activating group) is 1. The van der Waals surface area contributed by atoms with Gasteiger partial charge in [0.05, 0.1) is 39.9 Å². The van der Waals surface area contributed by atoms with Gasteiger partial charge in [-0.1, -0.05) is 366 Å². The predicted octanol–water partition coefficient (Wildman–Crippen LogP) is 23.7. The third-order valence-electron chi connectivity index (χ3n) is 17.5. The van der Waals surface area contributed by atoms with Gasteiger partial charge in [-0.3, -0.25) is 13.8 Å². The van der Waals surface area contributed by atoms with Crippen LogP contribution >= 0.6 is 7.82 Å². The molecule has 0 saturated heterocycles. The van der Waals surface area contributed by atoms with Crippen molar-refractivity contribution >= 4 is 13.7 Å². The van der Waals surface area contributed by atoms with Crippen LogP contribution in [0.15, 0.2) is 12.2 Å². The average molecular weight is 1180 g/mol. The van der Waals surface area contributed by atoms with Gasteiger partial charge >= 0.3 is 7.82 Å². The Balaban J connectivity index is 3.83. The highest BCUT2D eigenvalue weighted by atomic mass is 31.2. The fraction of sp³-hybridized carbons (Fsp3) is 0.959. The Bertz CT molecular complexity index is 1340. The molecule has 0 fully saturated rings. The lowest BCUT2D eigenvalue weighted by Gasteiger charge is -2.26. The summed E-state index contributed by atoms with van der Waals surface area (Å²) in [6.07, 6.45) is 83.5. The number of phosphoric ester groups is 1. The van der Waals surface area contributed by atoms with Gasteiger partial charge in [0, 0.05) is 6.42 Å². The highest BCUT2D eigenvalue weighted by molar-refractivity contribution is 7.47. The highest BCUT2D eigenvalue weighted by Crippen LogP contribution is 2.43. The van der Waals surface area contributed by atoms with E-state index in [4.69, 9.17) is 9.05 Å². The molecule has 0 rings (SSSR count). The van der Waals surface area contributed by atoms with Crippen molar-refractivity contribution in [2.75, 3.05) is 40.9 Å². The van der Waals surface area contributed by atoms with Gasteiger partial charge in [-0.25, -0.2) is 4.57 Å². The first kappa shape index (κ1) is 81.2. The fourth-order valence-corrected chi connectivity index (χ4v) is 12.5. The predicted molar refractivity (Wildman–Crippen MR) is 360 cm³/mol. The summed E-state index contributed by atoms with van der Waals surface area (Å²) in [5, 5.41) is 14.1. The SMILES string of the molecule is CCCCCCCCCC/C=C\CCCCCCCCCCCCCCCCCCCCCCCCCCCCCCCC(=O)NC(COP(=O)(O)OCC[N+](C)(C)C)C(O)CCCCCCCCCCCCCCCCCCCCC. The summed E-state index contributed by atoms with van der Waals surface area (Å²) in [5.41, 5.74) is 0. The number of rotatable bonds is 70. The minimum Gasteiger partial charge on any atom is -0.391 e. The number of quaternary nitrogens is 1. The topological polar surface area (TPSA) is 105 Å². The van der Waals surface area contributed by atoms with Crippen LogP contribution in [-0.2, 0) is 18.4 Å². The molecule has 8 nitrogen and oxygen atoms in total. The molecule has 490 valence electrons. The molecular formula is C73H148N2O6P+. The second-order valence-electron chi connectivity index (χ2n) is 27.0. The highest BCUT2D eigenvalue weighted by Gasteiger charge is 2.28. The van der Waals surface area contributed by atoms with Crippen LogP contribution in [0, 0.1) is 0 Å². The fourth-order valence-electron chi connectivity index (χ4n) is 11.8. The number of hydrogen-bond acceptors (Lipinski definition) is 5. The molecule has 0 bridgehead atoms. The molecule has 0 aliphatic heterocycles. The van der Waals surface area contributed by atoms with Crippen LogP contribution in [0.4, 0.5) is 0 Å². The van der Waals surface area contributed by atoms with Gasteiger partial charge in [0.2, 0.25) is 5.91 Å². The zero-order valence-corrected chi connectivity index (χ0v) is 57.2. The molecule has 0 aromatic rings. The number of nitrogens with zero attached hydrogens (tertiary/aromatic N) is 1. The van der Waals surface area contributed by atoms with Crippen molar-refractivity contribution in [2.24, 2.45) is 0 Å². The van der Waals surface area contributed by atoms with Crippen molar-refractivity contribution in [2.45, 2.75) is 411 Å². The molecule has 0 aromatic carbocycles. The summed E-state index contributed by atoms with van der Waals surface area (Å²) < 4.78 is 23.9. The van der Waals surface area contributed by atoms with E-state index in [0.29, 0.717) is 23.9 Å². The zero-order chi connectivity index (χ0) is 59.8. The Labute approximate surface area is 513 Å². The average Bonchev–Trinajstić information content (AvgIpc) is 3.47. The number of aliphatic hydroxyl groups is 1. The van der Waals surface area contributed by atoms with Crippen LogP contribution in [0.5, 0.6) is 0 Å². The van der Waals surface area contributed by atoms with E-state index in [0.717, 1.165) is 38.5 Å². The molecule has 9 heteroatoms. The normalized spacial score (nSPS) is 13.6. The number of carbonyl (C=O) groups excluding carboxylic acids is 1. The number of amides is 1. The number of aliphatic hydroxyl groups excluding tert-OH is 1. The number of unbranched alkanes of at least 4 members (excludes halogenated alkanes) is 55. The minimum atomic E-state index is -4.32. The monoisotopic (exact) mass is 1180 g/mol. The van der Waals surface area contributed by atoms with Gasteiger partial charge in [0.25, 0.3) is 0 Å². The van der Waals surface area contributed by atoms with Gasteiger partial charge in [-0.2, -0.15) is 0 Å². The van der Waals surface area contributed by atoms with Crippen molar-refractivity contribution in [3.8, 4) is 0 Å². The van der Waals surface area contributed by atoms with Crippen LogP contribution in [0.25, 0.3) is 0 Å². The Hall–Kier alpha value is -0.760. The van der Waals surface area contributed by atoms with Crippen LogP contribution in [0.3, 0.4) is 0 Å². The van der Waals surface area contributed by atoms with Gasteiger partial charge in [0.1, 0.15) is 13.2 Å². The second kappa shape index (κ2) is 64.7. The maximum Gasteiger partial charge on any atom is 0.472 e. The maximum atomic E-state index is 13.1. The Morgan fingerprint density at radius 1 is 0.402 bits per heavy atom. The van der Waals surface area contributed by atoms with Crippen molar-refractivity contribution in [3.05, 3.63) is 12.2 Å². The quantitative estimate of drug-likeness (QED) is 0.0243. The Morgan fingerprint density at radius 3 is 0.939 bits per heavy atom. The van der Waals surface area contributed by atoms with Gasteiger partial charge in [-0.15, -0.1) is 0 Å². The smallest absolute Gasteiger partial charge is 0.391 e. The molecule has 0 aliphatic rings. The molecule has 3 N–H and O–H groups in total. The third kappa shape index (κ3) is 66.8. The lowest BCUT2D eigenvalue weighted by atomic mass is 10.0. The van der Waals surface area contributed by atoms with E-state index in [9.17, 15) is 19.4 Å². The first-order chi connectivity index (χ1) is 40.0. The molecule has 1 amide bonds. The van der Waals surface area contributed by atoms with E-state index in [1.807, 2.05) is 21.1 Å². The van der Waals surface area contributed by atoms with Crippen LogP contribution in [0.2, 0.25) is 0 Å². The van der Waals surface area contributed by atoms with E-state index >= 15 is 0 Å². The molecule has 82 heavy (non-hydrogen) atoms. The van der Waals surface area contributed by atoms with Gasteiger partial charge < -0.3 is 19.8 Å². The molecule has 0 heterocycles. The van der Waals surface area contributed by atoms with Crippen LogP contribution in [-0.4, -0.2) is 73.4 Å². The van der Waals surface area contributed by atoms with E-state index < -0.39 is 20.0 Å². The first-order valence-electron chi connectivity index (χ1n) is 37.1. The number of hydrogen-bond donors (Lipinski definition) is 3. The molecular weight excluding hydrogens is 1030 g/mol. The van der Waals surface area contributed by atoms with Crippen molar-refractivity contribution in [1.82, 2.24) is 5.32 Å². The Kier molecular flexibility index (Phi) is 64.1. The largest absolute Gasteiger partial charge is 0.472 e. The summed E-state index contributed by atoms with van der Waals surface area (Å²) in [6.45, 7) is 4.95. The summed E-state index contributed by atoms with van der Waals surface area (Å²) in [7, 11) is 1.64. The van der Waals surface area contributed by atoms with Gasteiger partial charge in [0.15, 0.2) is 0 Å². The second-order valence-corrected chi connectivity index (χ2v) is 28.5.